The maximum Gasteiger partial charge on any atom is 0.225 e. The first-order valence-corrected chi connectivity index (χ1v) is 10.0. The summed E-state index contributed by atoms with van der Waals surface area (Å²) in [7, 11) is 0. The minimum absolute atomic E-state index is 0.679. The smallest absolute Gasteiger partial charge is 0.225 e. The summed E-state index contributed by atoms with van der Waals surface area (Å²) in [6.07, 6.45) is 0. The lowest BCUT2D eigenvalue weighted by molar-refractivity contribution is 0.270. The number of nitrogens with zero attached hydrogens (tertiary/aromatic N) is 4. The highest BCUT2D eigenvalue weighted by atomic mass is 15.3. The van der Waals surface area contributed by atoms with Crippen LogP contribution in [-0.4, -0.2) is 47.6 Å². The number of hydrogen-bond donors (Lipinski definition) is 1. The Morgan fingerprint density at radius 2 is 1.54 bits per heavy atom. The van der Waals surface area contributed by atoms with Crippen LogP contribution in [0.25, 0.3) is 11.3 Å². The normalized spacial score (nSPS) is 14.8. The topological polar surface area (TPSA) is 44.3 Å². The number of nitrogens with one attached hydrogen (secondary N) is 1. The Labute approximate surface area is 167 Å². The number of piperazine rings is 1. The van der Waals surface area contributed by atoms with Gasteiger partial charge < -0.3 is 15.1 Å². The predicted molar refractivity (Wildman–Crippen MR) is 116 cm³/mol. The first-order chi connectivity index (χ1) is 13.8. The highest BCUT2D eigenvalue weighted by Crippen LogP contribution is 2.24. The average Bonchev–Trinajstić information content (AvgIpc) is 2.79. The molecule has 5 nitrogen and oxygen atoms in total. The zero-order valence-electron chi connectivity index (χ0n) is 16.4. The molecule has 28 heavy (non-hydrogen) atoms. The van der Waals surface area contributed by atoms with Gasteiger partial charge in [-0.25, -0.2) is 4.98 Å². The molecule has 1 N–H and O–H groups in total. The van der Waals surface area contributed by atoms with Crippen LogP contribution in [0.4, 0.5) is 11.8 Å². The standard InChI is InChI=1S/C23H27N5/c1-2-27-13-15-28(16-14-27)22-17-21(20-11-7-4-8-12-20)25-23(26-22)24-18-19-9-5-3-6-10-19/h3-12,17H,2,13-16,18H2,1H3,(H,24,25,26). The molecule has 3 aromatic rings. The van der Waals surface area contributed by atoms with E-state index < -0.39 is 0 Å². The number of aromatic nitrogens is 2. The van der Waals surface area contributed by atoms with Crippen molar-refractivity contribution in [2.75, 3.05) is 42.9 Å². The number of benzene rings is 2. The monoisotopic (exact) mass is 373 g/mol. The van der Waals surface area contributed by atoms with E-state index in [1.165, 1.54) is 5.56 Å². The summed E-state index contributed by atoms with van der Waals surface area (Å²) >= 11 is 0. The molecule has 0 amide bonds. The van der Waals surface area contributed by atoms with Gasteiger partial charge in [-0.3, -0.25) is 0 Å². The van der Waals surface area contributed by atoms with Crippen molar-refractivity contribution in [2.45, 2.75) is 13.5 Å². The highest BCUT2D eigenvalue weighted by Gasteiger charge is 2.18. The molecular weight excluding hydrogens is 346 g/mol. The van der Waals surface area contributed by atoms with Crippen LogP contribution in [0.3, 0.4) is 0 Å². The Balaban J connectivity index is 1.59. The molecule has 0 aliphatic carbocycles. The molecule has 1 saturated heterocycles. The van der Waals surface area contributed by atoms with E-state index >= 15 is 0 Å². The molecule has 2 heterocycles. The number of rotatable bonds is 6. The Hall–Kier alpha value is -2.92. The van der Waals surface area contributed by atoms with E-state index in [-0.39, 0.29) is 0 Å². The van der Waals surface area contributed by atoms with Crippen molar-refractivity contribution >= 4 is 11.8 Å². The molecule has 144 valence electrons. The first kappa shape index (κ1) is 18.4. The van der Waals surface area contributed by atoms with Crippen molar-refractivity contribution in [3.63, 3.8) is 0 Å². The summed E-state index contributed by atoms with van der Waals surface area (Å²) in [5, 5.41) is 3.41. The molecular formula is C23H27N5. The molecule has 1 aliphatic rings. The fourth-order valence-electron chi connectivity index (χ4n) is 3.50. The van der Waals surface area contributed by atoms with Crippen LogP contribution in [0, 0.1) is 0 Å². The van der Waals surface area contributed by atoms with Gasteiger partial charge >= 0.3 is 0 Å². The average molecular weight is 374 g/mol. The Bertz CT molecular complexity index is 874. The molecule has 0 bridgehead atoms. The van der Waals surface area contributed by atoms with Crippen LogP contribution in [0.1, 0.15) is 12.5 Å². The minimum Gasteiger partial charge on any atom is -0.354 e. The second-order valence-electron chi connectivity index (χ2n) is 7.06. The van der Waals surface area contributed by atoms with Crippen LogP contribution < -0.4 is 10.2 Å². The zero-order chi connectivity index (χ0) is 19.2. The SMILES string of the molecule is CCN1CCN(c2cc(-c3ccccc3)nc(NCc3ccccc3)n2)CC1. The van der Waals surface area contributed by atoms with Gasteiger partial charge in [0.2, 0.25) is 5.95 Å². The predicted octanol–water partition coefficient (Wildman–Crippen LogP) is 3.90. The molecule has 4 rings (SSSR count). The van der Waals surface area contributed by atoms with Crippen molar-refractivity contribution < 1.29 is 0 Å². The number of anilines is 2. The molecule has 2 aromatic carbocycles. The van der Waals surface area contributed by atoms with Gasteiger partial charge in [0.1, 0.15) is 5.82 Å². The van der Waals surface area contributed by atoms with E-state index in [0.29, 0.717) is 12.5 Å². The van der Waals surface area contributed by atoms with E-state index in [1.807, 2.05) is 24.3 Å². The van der Waals surface area contributed by atoms with Gasteiger partial charge in [0.25, 0.3) is 0 Å². The summed E-state index contributed by atoms with van der Waals surface area (Å²) in [6.45, 7) is 8.19. The summed E-state index contributed by atoms with van der Waals surface area (Å²) in [4.78, 5) is 14.5. The van der Waals surface area contributed by atoms with Crippen molar-refractivity contribution in [3.05, 3.63) is 72.3 Å². The fourth-order valence-corrected chi connectivity index (χ4v) is 3.50. The number of likely N-dealkylation sites (N-methyl/N-ethyl adjacent to an activating group) is 1. The van der Waals surface area contributed by atoms with E-state index in [1.54, 1.807) is 0 Å². The molecule has 1 aromatic heterocycles. The molecule has 0 unspecified atom stereocenters. The first-order valence-electron chi connectivity index (χ1n) is 10.0. The van der Waals surface area contributed by atoms with Crippen molar-refractivity contribution in [2.24, 2.45) is 0 Å². The fraction of sp³-hybridized carbons (Fsp3) is 0.304. The molecule has 1 aliphatic heterocycles. The molecule has 0 radical (unpaired) electrons. The lowest BCUT2D eigenvalue weighted by Crippen LogP contribution is -2.46. The summed E-state index contributed by atoms with van der Waals surface area (Å²) in [5.41, 5.74) is 3.29. The summed E-state index contributed by atoms with van der Waals surface area (Å²) in [6, 6.07) is 22.8. The Morgan fingerprint density at radius 3 is 2.21 bits per heavy atom. The third-order valence-electron chi connectivity index (χ3n) is 5.22. The third kappa shape index (κ3) is 4.49. The van der Waals surface area contributed by atoms with E-state index in [0.717, 1.165) is 49.8 Å². The van der Waals surface area contributed by atoms with Crippen LogP contribution >= 0.6 is 0 Å². The lowest BCUT2D eigenvalue weighted by atomic mass is 10.1. The van der Waals surface area contributed by atoms with Crippen LogP contribution in [0.2, 0.25) is 0 Å². The van der Waals surface area contributed by atoms with E-state index in [9.17, 15) is 0 Å². The van der Waals surface area contributed by atoms with Gasteiger partial charge in [0.15, 0.2) is 0 Å². The van der Waals surface area contributed by atoms with Gasteiger partial charge in [-0.05, 0) is 12.1 Å². The van der Waals surface area contributed by atoms with Gasteiger partial charge in [0, 0.05) is 44.4 Å². The van der Waals surface area contributed by atoms with Crippen LogP contribution in [0.15, 0.2) is 66.7 Å². The number of hydrogen-bond acceptors (Lipinski definition) is 5. The van der Waals surface area contributed by atoms with Crippen molar-refractivity contribution in [1.29, 1.82) is 0 Å². The van der Waals surface area contributed by atoms with Gasteiger partial charge in [0.05, 0.1) is 5.69 Å². The molecule has 0 atom stereocenters. The molecule has 0 spiro atoms. The van der Waals surface area contributed by atoms with Crippen molar-refractivity contribution in [3.8, 4) is 11.3 Å². The largest absolute Gasteiger partial charge is 0.354 e. The summed E-state index contributed by atoms with van der Waals surface area (Å²) in [5.74, 6) is 1.68. The quantitative estimate of drug-likeness (QED) is 0.710. The second-order valence-corrected chi connectivity index (χ2v) is 7.06. The third-order valence-corrected chi connectivity index (χ3v) is 5.22. The second kappa shape index (κ2) is 8.85. The van der Waals surface area contributed by atoms with E-state index in [2.05, 4.69) is 64.5 Å². The molecule has 1 fully saturated rings. The van der Waals surface area contributed by atoms with Gasteiger partial charge in [-0.2, -0.15) is 4.98 Å². The highest BCUT2D eigenvalue weighted by molar-refractivity contribution is 5.65. The maximum atomic E-state index is 4.83. The molecule has 5 heteroatoms. The van der Waals surface area contributed by atoms with Crippen LogP contribution in [0.5, 0.6) is 0 Å². The zero-order valence-corrected chi connectivity index (χ0v) is 16.4. The minimum atomic E-state index is 0.679. The van der Waals surface area contributed by atoms with E-state index in [4.69, 9.17) is 9.97 Å². The summed E-state index contributed by atoms with van der Waals surface area (Å²) < 4.78 is 0. The van der Waals surface area contributed by atoms with Gasteiger partial charge in [-0.1, -0.05) is 67.6 Å². The lowest BCUT2D eigenvalue weighted by Gasteiger charge is -2.35. The van der Waals surface area contributed by atoms with Gasteiger partial charge in [-0.15, -0.1) is 0 Å². The molecule has 0 saturated carbocycles. The Morgan fingerprint density at radius 1 is 0.857 bits per heavy atom. The van der Waals surface area contributed by atoms with Crippen molar-refractivity contribution in [1.82, 2.24) is 14.9 Å². The Kier molecular flexibility index (Phi) is 5.83. The maximum absolute atomic E-state index is 4.83. The van der Waals surface area contributed by atoms with Crippen LogP contribution in [-0.2, 0) is 6.54 Å².